The molecule has 3 atom stereocenters. The highest BCUT2D eigenvalue weighted by molar-refractivity contribution is 4.82. The van der Waals surface area contributed by atoms with Crippen LogP contribution in [-0.2, 0) is 9.47 Å². The Hall–Kier alpha value is -0.160. The monoisotopic (exact) mass is 200 g/mol. The Kier molecular flexibility index (Phi) is 3.38. The van der Waals surface area contributed by atoms with Gasteiger partial charge < -0.3 is 9.47 Å². The Bertz CT molecular complexity index is 183. The first-order valence-corrected chi connectivity index (χ1v) is 5.48. The fraction of sp³-hybridized carbons (Fsp3) is 1.00. The van der Waals surface area contributed by atoms with Crippen LogP contribution in [0.25, 0.3) is 0 Å². The van der Waals surface area contributed by atoms with Gasteiger partial charge in [-0.15, -0.1) is 0 Å². The molecule has 0 bridgehead atoms. The zero-order chi connectivity index (χ0) is 9.97. The maximum atomic E-state index is 5.81. The Labute approximate surface area is 85.5 Å². The van der Waals surface area contributed by atoms with Crippen LogP contribution in [-0.4, -0.2) is 56.1 Å². The second-order valence-electron chi connectivity index (χ2n) is 4.15. The number of nitrogens with one attached hydrogen (secondary N) is 1. The molecule has 0 radical (unpaired) electrons. The van der Waals surface area contributed by atoms with Crippen LogP contribution < -0.4 is 5.32 Å². The molecule has 0 aromatic carbocycles. The van der Waals surface area contributed by atoms with E-state index >= 15 is 0 Å². The lowest BCUT2D eigenvalue weighted by molar-refractivity contribution is -0.104. The molecule has 2 aliphatic heterocycles. The third-order valence-corrected chi connectivity index (χ3v) is 2.95. The fourth-order valence-corrected chi connectivity index (χ4v) is 2.22. The summed E-state index contributed by atoms with van der Waals surface area (Å²) in [6.45, 7) is 8.93. The minimum Gasteiger partial charge on any atom is -0.379 e. The van der Waals surface area contributed by atoms with Gasteiger partial charge in [-0.1, -0.05) is 0 Å². The molecule has 2 fully saturated rings. The molecule has 3 unspecified atom stereocenters. The van der Waals surface area contributed by atoms with Crippen molar-refractivity contribution in [2.45, 2.75) is 32.2 Å². The Morgan fingerprint density at radius 2 is 1.93 bits per heavy atom. The molecule has 0 aromatic rings. The van der Waals surface area contributed by atoms with Gasteiger partial charge in [-0.2, -0.15) is 0 Å². The van der Waals surface area contributed by atoms with Gasteiger partial charge in [-0.05, 0) is 13.8 Å². The molecule has 2 rings (SSSR count). The molecular weight excluding hydrogens is 180 g/mol. The van der Waals surface area contributed by atoms with E-state index in [9.17, 15) is 0 Å². The predicted octanol–water partition coefficient (Wildman–Crippen LogP) is 0.0415. The van der Waals surface area contributed by atoms with Gasteiger partial charge in [-0.3, -0.25) is 10.2 Å². The molecule has 2 saturated heterocycles. The van der Waals surface area contributed by atoms with Gasteiger partial charge in [0.25, 0.3) is 0 Å². The summed E-state index contributed by atoms with van der Waals surface area (Å²) in [5.41, 5.74) is 0. The molecule has 4 heteroatoms. The van der Waals surface area contributed by atoms with Crippen molar-refractivity contribution in [3.8, 4) is 0 Å². The number of hydrogen-bond acceptors (Lipinski definition) is 4. The summed E-state index contributed by atoms with van der Waals surface area (Å²) in [4.78, 5) is 2.42. The van der Waals surface area contributed by atoms with Crippen molar-refractivity contribution in [3.63, 3.8) is 0 Å². The molecule has 0 saturated carbocycles. The number of rotatable bonds is 1. The van der Waals surface area contributed by atoms with Crippen LogP contribution in [0.4, 0.5) is 0 Å². The van der Waals surface area contributed by atoms with E-state index < -0.39 is 0 Å². The Morgan fingerprint density at radius 1 is 1.21 bits per heavy atom. The van der Waals surface area contributed by atoms with Crippen molar-refractivity contribution < 1.29 is 9.47 Å². The quantitative estimate of drug-likeness (QED) is 0.648. The highest BCUT2D eigenvalue weighted by atomic mass is 16.5. The Morgan fingerprint density at radius 3 is 2.57 bits per heavy atom. The van der Waals surface area contributed by atoms with E-state index in [1.165, 1.54) is 0 Å². The maximum absolute atomic E-state index is 5.81. The molecule has 2 aliphatic rings. The summed E-state index contributed by atoms with van der Waals surface area (Å²) in [5, 5.41) is 3.53. The summed E-state index contributed by atoms with van der Waals surface area (Å²) >= 11 is 0. The van der Waals surface area contributed by atoms with Gasteiger partial charge in [0, 0.05) is 19.6 Å². The average Bonchev–Trinajstić information content (AvgIpc) is 2.19. The van der Waals surface area contributed by atoms with E-state index in [2.05, 4.69) is 24.1 Å². The van der Waals surface area contributed by atoms with E-state index in [-0.39, 0.29) is 6.10 Å². The van der Waals surface area contributed by atoms with Crippen LogP contribution >= 0.6 is 0 Å². The lowest BCUT2D eigenvalue weighted by Crippen LogP contribution is -2.61. The van der Waals surface area contributed by atoms with Crippen LogP contribution in [0.2, 0.25) is 0 Å². The van der Waals surface area contributed by atoms with Gasteiger partial charge >= 0.3 is 0 Å². The van der Waals surface area contributed by atoms with Crippen molar-refractivity contribution in [2.24, 2.45) is 0 Å². The van der Waals surface area contributed by atoms with Crippen LogP contribution in [0, 0.1) is 0 Å². The normalized spacial score (nSPS) is 41.1. The van der Waals surface area contributed by atoms with Gasteiger partial charge in [0.05, 0.1) is 31.6 Å². The molecule has 0 amide bonds. The molecule has 2 heterocycles. The minimum absolute atomic E-state index is 0.275. The summed E-state index contributed by atoms with van der Waals surface area (Å²) < 4.78 is 11.1. The summed E-state index contributed by atoms with van der Waals surface area (Å²) in [5.74, 6) is 0. The lowest BCUT2D eigenvalue weighted by Gasteiger charge is -2.42. The fourth-order valence-electron chi connectivity index (χ4n) is 2.22. The molecule has 82 valence electrons. The summed E-state index contributed by atoms with van der Waals surface area (Å²) in [6.07, 6.45) is 0.981. The standard InChI is InChI=1S/C10H20N2O2/c1-8-7-11-10(9(2)14-8)12-3-5-13-6-4-12/h8-11H,3-7H2,1-2H3. The summed E-state index contributed by atoms with van der Waals surface area (Å²) in [7, 11) is 0. The average molecular weight is 200 g/mol. The van der Waals surface area contributed by atoms with Crippen molar-refractivity contribution in [1.29, 1.82) is 0 Å². The molecule has 0 aromatic heterocycles. The first-order chi connectivity index (χ1) is 6.77. The largest absolute Gasteiger partial charge is 0.379 e. The van der Waals surface area contributed by atoms with Gasteiger partial charge in [0.1, 0.15) is 0 Å². The number of hydrogen-bond donors (Lipinski definition) is 1. The molecule has 14 heavy (non-hydrogen) atoms. The van der Waals surface area contributed by atoms with E-state index in [1.807, 2.05) is 0 Å². The third kappa shape index (κ3) is 2.25. The molecule has 4 nitrogen and oxygen atoms in total. The van der Waals surface area contributed by atoms with Crippen LogP contribution in [0.5, 0.6) is 0 Å². The molecule has 1 N–H and O–H groups in total. The van der Waals surface area contributed by atoms with Gasteiger partial charge in [0.2, 0.25) is 0 Å². The Balaban J connectivity index is 1.89. The maximum Gasteiger partial charge on any atom is 0.0867 e. The van der Waals surface area contributed by atoms with Crippen molar-refractivity contribution in [1.82, 2.24) is 10.2 Å². The van der Waals surface area contributed by atoms with Gasteiger partial charge in [-0.25, -0.2) is 0 Å². The zero-order valence-electron chi connectivity index (χ0n) is 9.03. The second-order valence-corrected chi connectivity index (χ2v) is 4.15. The van der Waals surface area contributed by atoms with Crippen molar-refractivity contribution >= 4 is 0 Å². The number of ether oxygens (including phenoxy) is 2. The van der Waals surface area contributed by atoms with Gasteiger partial charge in [0.15, 0.2) is 0 Å². The number of nitrogens with zero attached hydrogens (tertiary/aromatic N) is 1. The SMILES string of the molecule is CC1CNC(N2CCOCC2)C(C)O1. The minimum atomic E-state index is 0.275. The smallest absolute Gasteiger partial charge is 0.0867 e. The van der Waals surface area contributed by atoms with Crippen LogP contribution in [0.1, 0.15) is 13.8 Å². The molecular formula is C10H20N2O2. The summed E-state index contributed by atoms with van der Waals surface area (Å²) in [6, 6.07) is 0. The highest BCUT2D eigenvalue weighted by Gasteiger charge is 2.30. The second kappa shape index (κ2) is 4.57. The number of morpholine rings is 2. The molecule has 0 spiro atoms. The van der Waals surface area contributed by atoms with E-state index in [0.717, 1.165) is 32.8 Å². The third-order valence-electron chi connectivity index (χ3n) is 2.95. The van der Waals surface area contributed by atoms with E-state index in [4.69, 9.17) is 9.47 Å². The predicted molar refractivity (Wildman–Crippen MR) is 54.2 cm³/mol. The highest BCUT2D eigenvalue weighted by Crippen LogP contribution is 2.14. The zero-order valence-corrected chi connectivity index (χ0v) is 9.03. The molecule has 0 aliphatic carbocycles. The van der Waals surface area contributed by atoms with Crippen molar-refractivity contribution in [2.75, 3.05) is 32.8 Å². The lowest BCUT2D eigenvalue weighted by atomic mass is 10.2. The topological polar surface area (TPSA) is 33.7 Å². The van der Waals surface area contributed by atoms with Crippen molar-refractivity contribution in [3.05, 3.63) is 0 Å². The first-order valence-electron chi connectivity index (χ1n) is 5.48. The van der Waals surface area contributed by atoms with E-state index in [1.54, 1.807) is 0 Å². The first kappa shape index (κ1) is 10.4. The van der Waals surface area contributed by atoms with E-state index in [0.29, 0.717) is 12.3 Å². The van der Waals surface area contributed by atoms with Crippen LogP contribution in [0.15, 0.2) is 0 Å². The van der Waals surface area contributed by atoms with Crippen LogP contribution in [0.3, 0.4) is 0 Å².